The lowest BCUT2D eigenvalue weighted by Gasteiger charge is -2.41. The highest BCUT2D eigenvalue weighted by Gasteiger charge is 2.25. The van der Waals surface area contributed by atoms with Gasteiger partial charge < -0.3 is 9.47 Å². The first-order valence-electron chi connectivity index (χ1n) is 7.95. The zero-order chi connectivity index (χ0) is 13.5. The quantitative estimate of drug-likeness (QED) is 0.685. The Morgan fingerprint density at radius 3 is 2.84 bits per heavy atom. The van der Waals surface area contributed by atoms with Gasteiger partial charge in [0.25, 0.3) is 0 Å². The first-order chi connectivity index (χ1) is 9.29. The van der Waals surface area contributed by atoms with Gasteiger partial charge in [0.05, 0.1) is 12.7 Å². The van der Waals surface area contributed by atoms with Crippen LogP contribution < -0.4 is 0 Å². The van der Waals surface area contributed by atoms with E-state index in [1.54, 1.807) is 0 Å². The normalized spacial score (nSPS) is 30.6. The van der Waals surface area contributed by atoms with E-state index in [4.69, 9.17) is 9.47 Å². The van der Waals surface area contributed by atoms with Crippen LogP contribution in [0.4, 0.5) is 0 Å². The van der Waals surface area contributed by atoms with Crippen LogP contribution in [0.25, 0.3) is 0 Å². The Balaban J connectivity index is 1.66. The summed E-state index contributed by atoms with van der Waals surface area (Å²) in [5, 5.41) is 0. The third kappa shape index (κ3) is 5.03. The molecule has 112 valence electrons. The highest BCUT2D eigenvalue weighted by Crippen LogP contribution is 2.16. The average Bonchev–Trinajstić information content (AvgIpc) is 2.43. The smallest absolute Gasteiger partial charge is 0.0702 e. The summed E-state index contributed by atoms with van der Waals surface area (Å²) in [6, 6.07) is 0.637. The molecule has 0 aliphatic carbocycles. The number of rotatable bonds is 6. The summed E-state index contributed by atoms with van der Waals surface area (Å²) in [6.07, 6.45) is 4.32. The molecule has 0 unspecified atom stereocenters. The zero-order valence-electron chi connectivity index (χ0n) is 12.6. The largest absolute Gasteiger partial charge is 0.380 e. The Bertz CT molecular complexity index is 244. The lowest BCUT2D eigenvalue weighted by Crippen LogP contribution is -2.54. The van der Waals surface area contributed by atoms with Crippen LogP contribution in [0.15, 0.2) is 0 Å². The molecule has 0 spiro atoms. The van der Waals surface area contributed by atoms with E-state index >= 15 is 0 Å². The molecule has 0 saturated carbocycles. The van der Waals surface area contributed by atoms with E-state index in [0.29, 0.717) is 12.1 Å². The van der Waals surface area contributed by atoms with Crippen LogP contribution in [-0.4, -0.2) is 74.5 Å². The van der Waals surface area contributed by atoms with Crippen molar-refractivity contribution in [3.05, 3.63) is 0 Å². The van der Waals surface area contributed by atoms with Gasteiger partial charge in [-0.15, -0.1) is 0 Å². The molecular formula is C15H30N2O2. The first-order valence-corrected chi connectivity index (χ1v) is 7.95. The van der Waals surface area contributed by atoms with Crippen molar-refractivity contribution in [1.29, 1.82) is 0 Å². The Kier molecular flexibility index (Phi) is 6.57. The van der Waals surface area contributed by atoms with Crippen molar-refractivity contribution >= 4 is 0 Å². The molecule has 0 aromatic carbocycles. The number of ether oxygens (including phenoxy) is 2. The van der Waals surface area contributed by atoms with Crippen LogP contribution in [0.5, 0.6) is 0 Å². The van der Waals surface area contributed by atoms with Gasteiger partial charge in [0.15, 0.2) is 0 Å². The highest BCUT2D eigenvalue weighted by molar-refractivity contribution is 4.81. The first kappa shape index (κ1) is 15.2. The maximum Gasteiger partial charge on any atom is 0.0702 e. The molecule has 2 atom stereocenters. The predicted octanol–water partition coefficient (Wildman–Crippen LogP) is 1.60. The maximum absolute atomic E-state index is 5.85. The summed E-state index contributed by atoms with van der Waals surface area (Å²) in [7, 11) is 0. The van der Waals surface area contributed by atoms with Crippen molar-refractivity contribution in [1.82, 2.24) is 9.80 Å². The SMILES string of the molecule is CCOCCN1CCN(C[C@@H]2CCCCO2)C[C@@H]1C. The summed E-state index contributed by atoms with van der Waals surface area (Å²) < 4.78 is 11.3. The fourth-order valence-electron chi connectivity index (χ4n) is 3.13. The van der Waals surface area contributed by atoms with Gasteiger partial charge in [-0.25, -0.2) is 0 Å². The molecule has 0 amide bonds. The Morgan fingerprint density at radius 2 is 2.16 bits per heavy atom. The summed E-state index contributed by atoms with van der Waals surface area (Å²) in [4.78, 5) is 5.13. The number of hydrogen-bond donors (Lipinski definition) is 0. The van der Waals surface area contributed by atoms with Gasteiger partial charge in [-0.2, -0.15) is 0 Å². The molecule has 2 heterocycles. The van der Waals surface area contributed by atoms with Crippen molar-refractivity contribution in [2.45, 2.75) is 45.3 Å². The lowest BCUT2D eigenvalue weighted by molar-refractivity contribution is -0.0236. The maximum atomic E-state index is 5.85. The van der Waals surface area contributed by atoms with Crippen LogP contribution in [0.2, 0.25) is 0 Å². The van der Waals surface area contributed by atoms with Crippen LogP contribution in [0.1, 0.15) is 33.1 Å². The molecule has 2 aliphatic rings. The van der Waals surface area contributed by atoms with Gasteiger partial charge in [0.1, 0.15) is 0 Å². The van der Waals surface area contributed by atoms with Crippen LogP contribution >= 0.6 is 0 Å². The molecule has 0 aromatic rings. The molecule has 0 aromatic heterocycles. The molecule has 0 bridgehead atoms. The molecular weight excluding hydrogens is 240 g/mol. The van der Waals surface area contributed by atoms with Gasteiger partial charge in [0, 0.05) is 52.0 Å². The number of nitrogens with zero attached hydrogens (tertiary/aromatic N) is 2. The molecule has 19 heavy (non-hydrogen) atoms. The van der Waals surface area contributed by atoms with E-state index in [-0.39, 0.29) is 0 Å². The second-order valence-electron chi connectivity index (χ2n) is 5.83. The van der Waals surface area contributed by atoms with E-state index in [1.165, 1.54) is 38.9 Å². The molecule has 4 heteroatoms. The van der Waals surface area contributed by atoms with Crippen molar-refractivity contribution in [3.8, 4) is 0 Å². The van der Waals surface area contributed by atoms with Crippen molar-refractivity contribution in [2.24, 2.45) is 0 Å². The second-order valence-corrected chi connectivity index (χ2v) is 5.83. The molecule has 4 nitrogen and oxygen atoms in total. The fourth-order valence-corrected chi connectivity index (χ4v) is 3.13. The van der Waals surface area contributed by atoms with E-state index in [0.717, 1.165) is 32.9 Å². The lowest BCUT2D eigenvalue weighted by atomic mass is 10.1. The van der Waals surface area contributed by atoms with Gasteiger partial charge >= 0.3 is 0 Å². The topological polar surface area (TPSA) is 24.9 Å². The van der Waals surface area contributed by atoms with Crippen LogP contribution in [0.3, 0.4) is 0 Å². The van der Waals surface area contributed by atoms with Crippen molar-refractivity contribution in [3.63, 3.8) is 0 Å². The van der Waals surface area contributed by atoms with Crippen LogP contribution in [-0.2, 0) is 9.47 Å². The number of hydrogen-bond acceptors (Lipinski definition) is 4. The van der Waals surface area contributed by atoms with Crippen molar-refractivity contribution < 1.29 is 9.47 Å². The van der Waals surface area contributed by atoms with E-state index < -0.39 is 0 Å². The monoisotopic (exact) mass is 270 g/mol. The predicted molar refractivity (Wildman–Crippen MR) is 77.6 cm³/mol. The Hall–Kier alpha value is -0.160. The molecule has 2 aliphatic heterocycles. The third-order valence-electron chi connectivity index (χ3n) is 4.31. The standard InChI is InChI=1S/C15H30N2O2/c1-3-18-11-9-17-8-7-16(12-14(17)2)13-15-6-4-5-10-19-15/h14-15H,3-13H2,1-2H3/t14-,15-/m0/s1. The van der Waals surface area contributed by atoms with E-state index in [9.17, 15) is 0 Å². The van der Waals surface area contributed by atoms with Gasteiger partial charge in [-0.05, 0) is 33.1 Å². The molecule has 2 rings (SSSR count). The second kappa shape index (κ2) is 8.20. The minimum atomic E-state index is 0.482. The molecule has 0 radical (unpaired) electrons. The zero-order valence-corrected chi connectivity index (χ0v) is 12.6. The molecule has 2 saturated heterocycles. The van der Waals surface area contributed by atoms with Gasteiger partial charge in [0.2, 0.25) is 0 Å². The highest BCUT2D eigenvalue weighted by atomic mass is 16.5. The van der Waals surface area contributed by atoms with Crippen LogP contribution in [0, 0.1) is 0 Å². The third-order valence-corrected chi connectivity index (χ3v) is 4.31. The van der Waals surface area contributed by atoms with Gasteiger partial charge in [-0.3, -0.25) is 9.80 Å². The molecule has 2 fully saturated rings. The minimum absolute atomic E-state index is 0.482. The Morgan fingerprint density at radius 1 is 1.26 bits per heavy atom. The fraction of sp³-hybridized carbons (Fsp3) is 1.00. The summed E-state index contributed by atoms with van der Waals surface area (Å²) >= 11 is 0. The minimum Gasteiger partial charge on any atom is -0.380 e. The summed E-state index contributed by atoms with van der Waals surface area (Å²) in [6.45, 7) is 12.8. The number of piperazine rings is 1. The summed E-state index contributed by atoms with van der Waals surface area (Å²) in [5.74, 6) is 0. The van der Waals surface area contributed by atoms with Crippen molar-refractivity contribution in [2.75, 3.05) is 52.5 Å². The van der Waals surface area contributed by atoms with Gasteiger partial charge in [-0.1, -0.05) is 0 Å². The average molecular weight is 270 g/mol. The molecule has 0 N–H and O–H groups in total. The Labute approximate surface area is 118 Å². The van der Waals surface area contributed by atoms with E-state index in [2.05, 4.69) is 23.6 Å². The summed E-state index contributed by atoms with van der Waals surface area (Å²) in [5.41, 5.74) is 0. The van der Waals surface area contributed by atoms with E-state index in [1.807, 2.05) is 0 Å².